The molecule has 120 heavy (non-hydrogen) atoms. The first-order chi connectivity index (χ1) is 51.7. The molecule has 0 aromatic rings. The van der Waals surface area contributed by atoms with Crippen molar-refractivity contribution in [3.8, 4) is 0 Å². The first kappa shape index (κ1) is 176. The van der Waals surface area contributed by atoms with Crippen LogP contribution >= 0.6 is 0 Å². The van der Waals surface area contributed by atoms with Gasteiger partial charge in [0.1, 0.15) is 0 Å². The zero-order valence-electron chi connectivity index (χ0n) is 88.0. The van der Waals surface area contributed by atoms with E-state index in [9.17, 15) is 0 Å². The molecule has 14 fully saturated rings. The second-order valence-corrected chi connectivity index (χ2v) is 37.0. The molecule has 0 saturated heterocycles. The summed E-state index contributed by atoms with van der Waals surface area (Å²) in [5.41, 5.74) is 0.171. The Morgan fingerprint density at radius 2 is 0.325 bits per heavy atom. The fourth-order valence-corrected chi connectivity index (χ4v) is 14.1. The molecule has 7 nitrogen and oxygen atoms in total. The molecule has 0 radical (unpaired) electrons. The van der Waals surface area contributed by atoms with Crippen molar-refractivity contribution in [1.29, 1.82) is 0 Å². The zero-order chi connectivity index (χ0) is 79.9. The van der Waals surface area contributed by atoms with Gasteiger partial charge in [-0.25, -0.2) is 0 Å². The summed E-state index contributed by atoms with van der Waals surface area (Å²) in [6, 6.07) is 1.66. The van der Waals surface area contributed by atoms with Crippen molar-refractivity contribution in [3.63, 3.8) is 0 Å². The molecule has 14 aliphatic rings. The van der Waals surface area contributed by atoms with Crippen LogP contribution in [-0.2, 0) is 137 Å². The number of rotatable bonds is 9. The third-order valence-electron chi connectivity index (χ3n) is 20.1. The van der Waals surface area contributed by atoms with Gasteiger partial charge in [-0.3, -0.25) is 0 Å². The largest absolute Gasteiger partial charge is 0.358 e. The second-order valence-electron chi connectivity index (χ2n) is 32.8. The molecule has 0 aliphatic heterocycles. The van der Waals surface area contributed by atoms with Crippen molar-refractivity contribution >= 4 is 0 Å². The molecule has 2 atom stereocenters. The van der Waals surface area contributed by atoms with E-state index in [1.54, 1.807) is 125 Å². The SMILES string of the molecule is C1CCCC1.C1CCCC1.C1CCCC1.C1CCCC1.C1CCCC1.C1CCCC1.C1CCCC1.C1CCCC1.C1CCCC1.C1CCCC1.C1CCCC1.C1CCCC1.C1CCCC1.C1CCCC1.CC(C)(C)[N]=[Mo].CC(C)[N]=[Mo].CCC(C)[N]=[Mo].CCCC(C)[N]=[Mo].CCC[N]=[Mo].CC[N]=[Mo].C[N]=[Mo].[CH3-].[CH3-].[CH3-].[CH3-].[CH3-].[CH3-].[CH3-].[CH3-].[CH3-].[CH3-].[CH3-].[CH3-].[CH3-].[CH3-]. The Bertz CT molecular complexity index is 1150. The maximum absolute atomic E-state index is 4.09. The van der Waals surface area contributed by atoms with Crippen molar-refractivity contribution < 1.29 is 137 Å². The van der Waals surface area contributed by atoms with E-state index in [4.69, 9.17) is 0 Å². The van der Waals surface area contributed by atoms with Crippen molar-refractivity contribution in [2.75, 3.05) is 20.1 Å². The van der Waals surface area contributed by atoms with Crippen LogP contribution in [0.5, 0.6) is 0 Å². The summed E-state index contributed by atoms with van der Waals surface area (Å²) in [5, 5.41) is 0. The fraction of sp³-hybridized carbons (Fsp3) is 0.868. The molecule has 2 unspecified atom stereocenters. The number of hydrogen-bond acceptors (Lipinski definition) is 7. The molecule has 14 heteroatoms. The van der Waals surface area contributed by atoms with Crippen LogP contribution in [0.1, 0.15) is 551 Å². The molecule has 0 amide bonds. The average molecular weight is 2280 g/mol. The Morgan fingerprint density at radius 1 is 0.217 bits per heavy atom. The second kappa shape index (κ2) is 175. The number of hydrogen-bond donors (Lipinski definition) is 0. The molecule has 14 rings (SSSR count). The smallest absolute Gasteiger partial charge is 0.358 e. The molecule has 14 aliphatic carbocycles. The summed E-state index contributed by atoms with van der Waals surface area (Å²) in [4.78, 5) is 0. The van der Waals surface area contributed by atoms with Crippen LogP contribution in [0.25, 0.3) is 0 Å². The molecular formula is C106H233Mo7N7-14. The van der Waals surface area contributed by atoms with Gasteiger partial charge < -0.3 is 104 Å². The number of nitrogens with zero attached hydrogens (tertiary/aromatic N) is 7. The molecular weight excluding hydrogens is 2040 g/mol. The Morgan fingerprint density at radius 3 is 0.342 bits per heavy atom. The maximum Gasteiger partial charge on any atom is -0.358 e. The minimum atomic E-state index is 0. The minimum absolute atomic E-state index is 0. The predicted molar refractivity (Wildman–Crippen MR) is 541 cm³/mol. The fourth-order valence-electron chi connectivity index (χ4n) is 13.0. The molecule has 0 heterocycles. The van der Waals surface area contributed by atoms with Crippen molar-refractivity contribution in [2.45, 2.75) is 575 Å². The molecule has 0 aromatic heterocycles. The van der Waals surface area contributed by atoms with Gasteiger partial charge in [-0.1, -0.05) is 449 Å². The zero-order valence-corrected chi connectivity index (χ0v) is 102. The first-order valence-corrected chi connectivity index (χ1v) is 53.1. The maximum atomic E-state index is 4.09. The molecule has 0 aromatic carbocycles. The van der Waals surface area contributed by atoms with Gasteiger partial charge in [0.05, 0.1) is 0 Å². The van der Waals surface area contributed by atoms with E-state index < -0.39 is 0 Å². The van der Waals surface area contributed by atoms with E-state index >= 15 is 0 Å². The quantitative estimate of drug-likeness (QED) is 0.163. The Labute approximate surface area is 852 Å². The van der Waals surface area contributed by atoms with Gasteiger partial charge in [-0.2, -0.15) is 0 Å². The van der Waals surface area contributed by atoms with Gasteiger partial charge in [-0.05, 0) is 0 Å². The van der Waals surface area contributed by atoms with Crippen molar-refractivity contribution in [1.82, 2.24) is 0 Å². The van der Waals surface area contributed by atoms with E-state index in [0.29, 0.717) is 18.1 Å². The Kier molecular flexibility index (Phi) is 258. The van der Waals surface area contributed by atoms with Gasteiger partial charge in [0.25, 0.3) is 0 Å². The van der Waals surface area contributed by atoms with Crippen LogP contribution in [0, 0.1) is 104 Å². The average Bonchev–Trinajstić information content (AvgIpc) is 1.77. The summed E-state index contributed by atoms with van der Waals surface area (Å²) >= 11 is 12.4. The van der Waals surface area contributed by atoms with Crippen LogP contribution in [-0.4, -0.2) is 43.8 Å². The normalized spacial score (nSPS) is 17.0. The van der Waals surface area contributed by atoms with Gasteiger partial charge in [0, 0.05) is 0 Å². The molecule has 748 valence electrons. The first-order valence-electron chi connectivity index (χ1n) is 46.8. The summed E-state index contributed by atoms with van der Waals surface area (Å²) in [6.45, 7) is 25.0. The van der Waals surface area contributed by atoms with Crippen LogP contribution in [0.2, 0.25) is 0 Å². The summed E-state index contributed by atoms with van der Waals surface area (Å²) < 4.78 is 27.2. The van der Waals surface area contributed by atoms with Crippen molar-refractivity contribution in [2.24, 2.45) is 24.5 Å². The van der Waals surface area contributed by atoms with E-state index in [-0.39, 0.29) is 110 Å². The molecule has 0 bridgehead atoms. The van der Waals surface area contributed by atoms with E-state index in [1.807, 2.05) is 26.6 Å². The minimum Gasteiger partial charge on any atom is -0.358 e. The van der Waals surface area contributed by atoms with E-state index in [0.717, 1.165) is 13.1 Å². The van der Waals surface area contributed by atoms with Crippen molar-refractivity contribution in [3.05, 3.63) is 104 Å². The summed E-state index contributed by atoms with van der Waals surface area (Å²) in [7, 11) is 1.75. The molecule has 0 N–H and O–H groups in total. The van der Waals surface area contributed by atoms with Crippen LogP contribution in [0.4, 0.5) is 0 Å². The van der Waals surface area contributed by atoms with Gasteiger partial charge >= 0.3 is 308 Å². The van der Waals surface area contributed by atoms with Crippen LogP contribution in [0.15, 0.2) is 24.5 Å². The third-order valence-corrected chi connectivity index (χ3v) is 25.3. The monoisotopic (exact) mass is 2290 g/mol. The van der Waals surface area contributed by atoms with Gasteiger partial charge in [0.15, 0.2) is 0 Å². The molecule has 14 saturated carbocycles. The standard InChI is InChI=1S/C5H11N.14C5H10.2C4H9N.2C3H7N.C2H5N.CH3N.14CH3.7Mo/c1-3-4-5(2)6;14*1-2-4-5-3-1;1-4(2,3)5;1-3-4(2)5;1-3(2)4;1-2-3-4;1-2-3;1-2;;;;;;;;;;;;;;;;;;;;;/h5H,3-4H2,1-2H3;14*1-5H2;1-3H3;4H,3H2,1-2H3;3H,1-2H3;2-3H2,1H3;2H2,1H3;1H3;14*1H3;;;;;;;/q;;;;;;;;;;;;;;;;;;;;;14*-1;;;;;;;. The molecule has 0 spiro atoms. The van der Waals surface area contributed by atoms with E-state index in [2.05, 4.69) is 93.7 Å². The van der Waals surface area contributed by atoms with E-state index in [1.165, 1.54) is 475 Å². The summed E-state index contributed by atoms with van der Waals surface area (Å²) in [6.07, 6.45) is 110. The Balaban J connectivity index is -0.0000000449. The topological polar surface area (TPSA) is 86.5 Å². The predicted octanol–water partition coefficient (Wildman–Crippen LogP) is 41.9. The van der Waals surface area contributed by atoms with Gasteiger partial charge in [-0.15, -0.1) is 0 Å². The third kappa shape index (κ3) is 215. The Hall–Kier alpha value is 3.42. The summed E-state index contributed by atoms with van der Waals surface area (Å²) in [5.74, 6) is 0. The van der Waals surface area contributed by atoms with Crippen LogP contribution < -0.4 is 0 Å². The van der Waals surface area contributed by atoms with Crippen LogP contribution in [0.3, 0.4) is 0 Å². The van der Waals surface area contributed by atoms with Gasteiger partial charge in [0.2, 0.25) is 0 Å².